The third kappa shape index (κ3) is 5.01. The zero-order chi connectivity index (χ0) is 13.5. The molecule has 0 saturated heterocycles. The van der Waals surface area contributed by atoms with E-state index in [0.29, 0.717) is 6.04 Å². The van der Waals surface area contributed by atoms with Gasteiger partial charge in [-0.1, -0.05) is 6.92 Å². The summed E-state index contributed by atoms with van der Waals surface area (Å²) in [6.07, 6.45) is 3.44. The average Bonchev–Trinajstić information content (AvgIpc) is 2.31. The van der Waals surface area contributed by atoms with Crippen LogP contribution in [-0.4, -0.2) is 36.7 Å². The minimum atomic E-state index is -0.841. The Morgan fingerprint density at radius 1 is 1.33 bits per heavy atom. The number of nitrogens with two attached hydrogens (primary N) is 1. The van der Waals surface area contributed by atoms with E-state index in [9.17, 15) is 9.59 Å². The van der Waals surface area contributed by atoms with Crippen molar-refractivity contribution in [2.45, 2.75) is 57.8 Å². The van der Waals surface area contributed by atoms with Gasteiger partial charge in [-0.3, -0.25) is 10.1 Å². The van der Waals surface area contributed by atoms with E-state index in [-0.39, 0.29) is 6.10 Å². The highest BCUT2D eigenvalue weighted by Gasteiger charge is 2.25. The van der Waals surface area contributed by atoms with Crippen LogP contribution >= 0.6 is 0 Å². The zero-order valence-corrected chi connectivity index (χ0v) is 11.1. The van der Waals surface area contributed by atoms with E-state index in [1.54, 1.807) is 6.92 Å². The minimum absolute atomic E-state index is 0.0912. The topological polar surface area (TPSA) is 93.4 Å². The molecule has 0 spiro atoms. The van der Waals surface area contributed by atoms with Crippen molar-refractivity contribution >= 4 is 11.9 Å². The fourth-order valence-electron chi connectivity index (χ4n) is 2.27. The third-order valence-electron chi connectivity index (χ3n) is 3.18. The van der Waals surface area contributed by atoms with Crippen LogP contribution in [0.2, 0.25) is 0 Å². The Morgan fingerprint density at radius 3 is 2.44 bits per heavy atom. The quantitative estimate of drug-likeness (QED) is 0.669. The lowest BCUT2D eigenvalue weighted by molar-refractivity contribution is -0.135. The van der Waals surface area contributed by atoms with Gasteiger partial charge in [0, 0.05) is 6.04 Å². The normalized spacial score (nSPS) is 25.4. The van der Waals surface area contributed by atoms with Crippen LogP contribution in [0.15, 0.2) is 0 Å². The Morgan fingerprint density at radius 2 is 1.94 bits per heavy atom. The number of primary amides is 1. The maximum atomic E-state index is 11.4. The molecule has 0 aliphatic heterocycles. The molecule has 104 valence electrons. The van der Waals surface area contributed by atoms with Crippen LogP contribution in [0.3, 0.4) is 0 Å². The lowest BCUT2D eigenvalue weighted by Gasteiger charge is -2.30. The van der Waals surface area contributed by atoms with Crippen LogP contribution in [-0.2, 0) is 9.53 Å². The predicted octanol–water partition coefficient (Wildman–Crippen LogP) is 0.507. The first-order valence-electron chi connectivity index (χ1n) is 6.52. The Balaban J connectivity index is 2.27. The van der Waals surface area contributed by atoms with Gasteiger partial charge >= 0.3 is 6.03 Å². The first-order valence-corrected chi connectivity index (χ1v) is 6.52. The van der Waals surface area contributed by atoms with Crippen molar-refractivity contribution in [2.24, 2.45) is 5.73 Å². The Labute approximate surface area is 108 Å². The number of ether oxygens (including phenoxy) is 1. The number of imide groups is 1. The van der Waals surface area contributed by atoms with Gasteiger partial charge in [0.1, 0.15) is 6.10 Å². The molecule has 0 aromatic rings. The summed E-state index contributed by atoms with van der Waals surface area (Å²) in [4.78, 5) is 22.0. The standard InChI is InChI=1S/C12H23N3O3/c1-3-14-9-4-6-10(7-5-9)18-8(2)11(16)15-12(13)17/h8-10,14H,3-7H2,1-2H3,(H3,13,15,16,17). The van der Waals surface area contributed by atoms with Gasteiger partial charge in [0.2, 0.25) is 0 Å². The SMILES string of the molecule is CCNC1CCC(OC(C)C(=O)NC(N)=O)CC1. The zero-order valence-electron chi connectivity index (χ0n) is 11.1. The van der Waals surface area contributed by atoms with Gasteiger partial charge in [-0.05, 0) is 39.2 Å². The molecule has 18 heavy (non-hydrogen) atoms. The van der Waals surface area contributed by atoms with E-state index in [0.717, 1.165) is 32.2 Å². The number of amides is 3. The molecule has 1 aliphatic carbocycles. The van der Waals surface area contributed by atoms with Crippen LogP contribution in [0.5, 0.6) is 0 Å². The maximum Gasteiger partial charge on any atom is 0.318 e. The second kappa shape index (κ2) is 7.33. The van der Waals surface area contributed by atoms with Gasteiger partial charge in [0.15, 0.2) is 0 Å². The van der Waals surface area contributed by atoms with Crippen molar-refractivity contribution in [3.63, 3.8) is 0 Å². The first kappa shape index (κ1) is 14.9. The Bertz CT molecular complexity index is 288. The second-order valence-electron chi connectivity index (χ2n) is 4.66. The second-order valence-corrected chi connectivity index (χ2v) is 4.66. The van der Waals surface area contributed by atoms with Crippen molar-refractivity contribution in [2.75, 3.05) is 6.54 Å². The molecule has 3 amide bonds. The Hall–Kier alpha value is -1.14. The van der Waals surface area contributed by atoms with Gasteiger partial charge in [-0.15, -0.1) is 0 Å². The van der Waals surface area contributed by atoms with Crippen LogP contribution in [0, 0.1) is 0 Å². The van der Waals surface area contributed by atoms with Crippen molar-refractivity contribution in [3.05, 3.63) is 0 Å². The van der Waals surface area contributed by atoms with Crippen LogP contribution in [0.4, 0.5) is 4.79 Å². The van der Waals surface area contributed by atoms with E-state index < -0.39 is 18.0 Å². The van der Waals surface area contributed by atoms with Crippen LogP contribution in [0.25, 0.3) is 0 Å². The average molecular weight is 257 g/mol. The van der Waals surface area contributed by atoms with E-state index in [4.69, 9.17) is 10.5 Å². The summed E-state index contributed by atoms with van der Waals surface area (Å²) in [7, 11) is 0. The molecule has 0 aromatic heterocycles. The van der Waals surface area contributed by atoms with Crippen molar-refractivity contribution in [3.8, 4) is 0 Å². The number of rotatable bonds is 5. The molecule has 4 N–H and O–H groups in total. The largest absolute Gasteiger partial charge is 0.365 e. The summed E-state index contributed by atoms with van der Waals surface area (Å²) in [6, 6.07) is -0.282. The smallest absolute Gasteiger partial charge is 0.318 e. The first-order chi connectivity index (χ1) is 8.52. The molecule has 1 fully saturated rings. The lowest BCUT2D eigenvalue weighted by atomic mass is 9.93. The number of carbonyl (C=O) groups excluding carboxylic acids is 2. The molecule has 1 saturated carbocycles. The van der Waals surface area contributed by atoms with Gasteiger partial charge < -0.3 is 15.8 Å². The van der Waals surface area contributed by atoms with Gasteiger partial charge in [-0.2, -0.15) is 0 Å². The fourth-order valence-corrected chi connectivity index (χ4v) is 2.27. The summed E-state index contributed by atoms with van der Waals surface area (Å²) in [6.45, 7) is 4.71. The van der Waals surface area contributed by atoms with Gasteiger partial charge in [0.05, 0.1) is 6.10 Å². The van der Waals surface area contributed by atoms with E-state index in [2.05, 4.69) is 12.2 Å². The molecule has 1 unspecified atom stereocenters. The van der Waals surface area contributed by atoms with Crippen LogP contribution in [0.1, 0.15) is 39.5 Å². The number of hydrogen-bond donors (Lipinski definition) is 3. The van der Waals surface area contributed by atoms with Gasteiger partial charge in [-0.25, -0.2) is 4.79 Å². The fraction of sp³-hybridized carbons (Fsp3) is 0.833. The van der Waals surface area contributed by atoms with E-state index in [1.165, 1.54) is 0 Å². The minimum Gasteiger partial charge on any atom is -0.365 e. The summed E-state index contributed by atoms with van der Waals surface area (Å²) in [5, 5.41) is 5.43. The maximum absolute atomic E-state index is 11.4. The summed E-state index contributed by atoms with van der Waals surface area (Å²) in [5.41, 5.74) is 4.88. The molecule has 1 atom stereocenters. The van der Waals surface area contributed by atoms with Gasteiger partial charge in [0.25, 0.3) is 5.91 Å². The molecule has 0 bridgehead atoms. The molecule has 0 heterocycles. The molecule has 0 radical (unpaired) electrons. The molecule has 0 aromatic carbocycles. The Kier molecular flexibility index (Phi) is 6.07. The van der Waals surface area contributed by atoms with Crippen LogP contribution < -0.4 is 16.4 Å². The highest BCUT2D eigenvalue weighted by atomic mass is 16.5. The van der Waals surface area contributed by atoms with E-state index >= 15 is 0 Å². The summed E-state index contributed by atoms with van der Waals surface area (Å²) >= 11 is 0. The van der Waals surface area contributed by atoms with Crippen molar-refractivity contribution in [1.29, 1.82) is 0 Å². The molecule has 6 nitrogen and oxygen atoms in total. The molecule has 6 heteroatoms. The van der Waals surface area contributed by atoms with Crippen molar-refractivity contribution < 1.29 is 14.3 Å². The number of urea groups is 1. The molecular formula is C12H23N3O3. The number of hydrogen-bond acceptors (Lipinski definition) is 4. The summed E-state index contributed by atoms with van der Waals surface area (Å²) < 4.78 is 5.63. The molecular weight excluding hydrogens is 234 g/mol. The predicted molar refractivity (Wildman–Crippen MR) is 68.0 cm³/mol. The number of nitrogens with one attached hydrogen (secondary N) is 2. The monoisotopic (exact) mass is 257 g/mol. The van der Waals surface area contributed by atoms with E-state index in [1.807, 2.05) is 5.32 Å². The highest BCUT2D eigenvalue weighted by Crippen LogP contribution is 2.22. The lowest BCUT2D eigenvalue weighted by Crippen LogP contribution is -2.43. The molecule has 1 rings (SSSR count). The summed E-state index contributed by atoms with van der Waals surface area (Å²) in [5.74, 6) is -0.476. The third-order valence-corrected chi connectivity index (χ3v) is 3.18. The molecule has 1 aliphatic rings. The highest BCUT2D eigenvalue weighted by molar-refractivity contribution is 5.95. The number of carbonyl (C=O) groups is 2. The van der Waals surface area contributed by atoms with Crippen molar-refractivity contribution in [1.82, 2.24) is 10.6 Å².